The molecule has 458 valence electrons. The third-order valence-electron chi connectivity index (χ3n) is 15.2. The van der Waals surface area contributed by atoms with Crippen molar-refractivity contribution in [1.29, 1.82) is 0 Å². The molecule has 9 amide bonds. The number of alkyl halides is 1. The summed E-state index contributed by atoms with van der Waals surface area (Å²) < 4.78 is 79.3. The van der Waals surface area contributed by atoms with Gasteiger partial charge in [-0.05, 0) is 98.7 Å². The third kappa shape index (κ3) is 17.9. The maximum absolute atomic E-state index is 16.4. The van der Waals surface area contributed by atoms with Gasteiger partial charge in [-0.15, -0.1) is 0 Å². The highest BCUT2D eigenvalue weighted by Gasteiger charge is 2.44. The number of aromatic nitrogens is 2. The van der Waals surface area contributed by atoms with Gasteiger partial charge in [-0.3, -0.25) is 33.7 Å². The zero-order valence-corrected chi connectivity index (χ0v) is 48.4. The van der Waals surface area contributed by atoms with Gasteiger partial charge in [0.1, 0.15) is 58.3 Å². The molecule has 7 rings (SSSR count). The second-order valence-corrected chi connectivity index (χ2v) is 24.3. The molecule has 2 fully saturated rings. The highest BCUT2D eigenvalue weighted by atomic mass is 32.2. The highest BCUT2D eigenvalue weighted by Crippen LogP contribution is 2.40. The van der Waals surface area contributed by atoms with Crippen molar-refractivity contribution in [2.24, 2.45) is 23.5 Å². The number of halogens is 3. The maximum Gasteiger partial charge on any atom is 0.410 e. The third-order valence-corrected chi connectivity index (χ3v) is 16.9. The number of primary amides is 1. The molecule has 22 nitrogen and oxygen atoms in total. The van der Waals surface area contributed by atoms with Crippen molar-refractivity contribution in [2.75, 3.05) is 49.5 Å². The number of sulfone groups is 1. The van der Waals surface area contributed by atoms with Crippen LogP contribution in [0.4, 0.5) is 28.4 Å². The van der Waals surface area contributed by atoms with Gasteiger partial charge in [0.05, 0.1) is 29.8 Å². The van der Waals surface area contributed by atoms with Crippen molar-refractivity contribution in [3.8, 4) is 11.3 Å². The van der Waals surface area contributed by atoms with Gasteiger partial charge < -0.3 is 51.2 Å². The molecule has 85 heavy (non-hydrogen) atoms. The average molecular weight is 1200 g/mol. The van der Waals surface area contributed by atoms with Crippen molar-refractivity contribution in [3.63, 3.8) is 0 Å². The van der Waals surface area contributed by atoms with E-state index in [2.05, 4.69) is 21.3 Å². The largest absolute Gasteiger partial charge is 0.445 e. The Balaban J connectivity index is 0.992. The summed E-state index contributed by atoms with van der Waals surface area (Å²) in [6, 6.07) is 14.1. The molecule has 0 spiro atoms. The van der Waals surface area contributed by atoms with Crippen LogP contribution in [-0.2, 0) is 56.5 Å². The number of hydrogen-bond acceptors (Lipinski definition) is 13. The summed E-state index contributed by atoms with van der Waals surface area (Å²) in [5, 5.41) is 21.6. The van der Waals surface area contributed by atoms with Gasteiger partial charge in [-0.1, -0.05) is 62.7 Å². The van der Waals surface area contributed by atoms with Crippen molar-refractivity contribution < 1.29 is 69.8 Å². The first-order chi connectivity index (χ1) is 40.5. The standard InChI is InChI=1S/C59H73F3N10O12S/c1-36(2)52(68-49(74)14-8-5-9-26-71-50(75)21-22-51(71)76)56(78)67-47(13-10-25-64-58(63)80)55(77)65-43-18-15-39(16-19-43)35-84-59(81)70-31-41(46(62)33-70)32-72(57(79)37(3)73)53(40-23-27-85(82,83)28-24-40)54-66-48(44-29-42(60)17-20-45(44)61)34-69(54)30-38-11-6-4-7-12-38/h4,6-7,11-12,15-22,29,34,36-37,40-41,46-47,52-53,73H,5,8-10,13-14,23-28,30-33,35H2,1-3H3,(H,65,77)(H,67,78)(H,68,74)(H3,63,64,80)/t37-,41-,46-,47-,52-,53-/m0/s1. The summed E-state index contributed by atoms with van der Waals surface area (Å²) >= 11 is 0. The van der Waals surface area contributed by atoms with E-state index in [-0.39, 0.29) is 112 Å². The minimum atomic E-state index is -3.46. The van der Waals surface area contributed by atoms with E-state index in [1.54, 1.807) is 42.7 Å². The van der Waals surface area contributed by atoms with E-state index in [1.807, 2.05) is 18.2 Å². The zero-order valence-electron chi connectivity index (χ0n) is 47.6. The number of carbonyl (C=O) groups excluding carboxylic acids is 8. The second-order valence-electron chi connectivity index (χ2n) is 22.0. The van der Waals surface area contributed by atoms with Crippen molar-refractivity contribution >= 4 is 63.1 Å². The number of rotatable bonds is 27. The summed E-state index contributed by atoms with van der Waals surface area (Å²) in [7, 11) is -3.46. The van der Waals surface area contributed by atoms with Crippen LogP contribution in [0.5, 0.6) is 0 Å². The number of aliphatic hydroxyl groups is 1. The van der Waals surface area contributed by atoms with Crippen LogP contribution in [0.2, 0.25) is 0 Å². The molecule has 6 atom stereocenters. The molecule has 4 aromatic rings. The summed E-state index contributed by atoms with van der Waals surface area (Å²) in [5.74, 6) is -7.10. The molecular weight excluding hydrogens is 1130 g/mol. The number of unbranched alkanes of at least 4 members (excludes halogenated alkanes) is 2. The Hall–Kier alpha value is -8.13. The van der Waals surface area contributed by atoms with Crippen LogP contribution in [0, 0.1) is 29.4 Å². The van der Waals surface area contributed by atoms with E-state index >= 15 is 8.78 Å². The van der Waals surface area contributed by atoms with Gasteiger partial charge in [0.25, 0.3) is 17.7 Å². The fourth-order valence-corrected chi connectivity index (χ4v) is 12.1. The van der Waals surface area contributed by atoms with E-state index < -0.39 is 112 Å². The zero-order chi connectivity index (χ0) is 61.5. The van der Waals surface area contributed by atoms with Crippen LogP contribution < -0.4 is 27.0 Å². The number of anilines is 1. The lowest BCUT2D eigenvalue weighted by Crippen LogP contribution is -2.54. The van der Waals surface area contributed by atoms with Crippen molar-refractivity contribution in [2.45, 2.75) is 116 Å². The van der Waals surface area contributed by atoms with E-state index in [4.69, 9.17) is 15.5 Å². The number of imidazole rings is 1. The van der Waals surface area contributed by atoms with Gasteiger partial charge in [-0.2, -0.15) is 0 Å². The van der Waals surface area contributed by atoms with E-state index in [1.165, 1.54) is 42.3 Å². The molecule has 3 aliphatic rings. The lowest BCUT2D eigenvalue weighted by molar-refractivity contribution is -0.144. The summed E-state index contributed by atoms with van der Waals surface area (Å²) in [4.78, 5) is 112. The molecule has 0 bridgehead atoms. The van der Waals surface area contributed by atoms with Gasteiger partial charge in [-0.25, -0.2) is 36.2 Å². The Morgan fingerprint density at radius 2 is 1.55 bits per heavy atom. The van der Waals surface area contributed by atoms with Gasteiger partial charge >= 0.3 is 12.1 Å². The molecule has 0 aliphatic carbocycles. The molecule has 26 heteroatoms. The second kappa shape index (κ2) is 29.6. The molecule has 0 saturated carbocycles. The number of hydrogen-bond donors (Lipinski definition) is 6. The Labute approximate surface area is 491 Å². The average Bonchev–Trinajstić information content (AvgIpc) is 2.20. The topological polar surface area (TPSA) is 302 Å². The molecule has 2 saturated heterocycles. The van der Waals surface area contributed by atoms with Crippen LogP contribution in [0.1, 0.15) is 95.1 Å². The predicted octanol–water partition coefficient (Wildman–Crippen LogP) is 5.06. The number of urea groups is 1. The van der Waals surface area contributed by atoms with Crippen LogP contribution >= 0.6 is 0 Å². The molecule has 3 aromatic carbocycles. The molecule has 7 N–H and O–H groups in total. The number of likely N-dealkylation sites (tertiary alicyclic amines) is 1. The number of nitrogens with zero attached hydrogens (tertiary/aromatic N) is 5. The van der Waals surface area contributed by atoms with Crippen molar-refractivity contribution in [1.82, 2.24) is 40.2 Å². The smallest absolute Gasteiger partial charge is 0.410 e. The SMILES string of the molecule is CC(C)[C@H](NC(=O)CCCCCN1C(=O)C=CC1=O)C(=O)N[C@@H](CCCNC(N)=O)C(=O)Nc1ccc(COC(=O)N2C[C@@H](CN(C(=O)[C@H](C)O)[C@H](c3nc(-c4cc(F)ccc4F)cn3Cc3ccccc3)C3CCS(=O)(=O)CC3)[C@@H](F)C2)cc1. The van der Waals surface area contributed by atoms with Gasteiger partial charge in [0.15, 0.2) is 0 Å². The Morgan fingerprint density at radius 1 is 0.859 bits per heavy atom. The quantitative estimate of drug-likeness (QED) is 0.0337. The normalized spacial score (nSPS) is 18.2. The van der Waals surface area contributed by atoms with Gasteiger partial charge in [0, 0.05) is 74.7 Å². The summed E-state index contributed by atoms with van der Waals surface area (Å²) in [5.41, 5.74) is 6.61. The van der Waals surface area contributed by atoms with Crippen molar-refractivity contribution in [3.05, 3.63) is 120 Å². The first kappa shape index (κ1) is 64.4. The lowest BCUT2D eigenvalue weighted by Gasteiger charge is -2.40. The Morgan fingerprint density at radius 3 is 2.21 bits per heavy atom. The molecule has 1 aromatic heterocycles. The van der Waals surface area contributed by atoms with Crippen LogP contribution in [0.25, 0.3) is 11.3 Å². The van der Waals surface area contributed by atoms with E-state index in [0.29, 0.717) is 30.5 Å². The minimum absolute atomic E-state index is 0.0194. The lowest BCUT2D eigenvalue weighted by atomic mass is 9.90. The number of imide groups is 1. The Bertz CT molecular complexity index is 3170. The first-order valence-electron chi connectivity index (χ1n) is 28.3. The fourth-order valence-electron chi connectivity index (χ4n) is 10.6. The number of nitrogens with two attached hydrogens (primary N) is 1. The number of benzene rings is 3. The first-order valence-corrected chi connectivity index (χ1v) is 30.2. The molecule has 4 heterocycles. The van der Waals surface area contributed by atoms with E-state index in [0.717, 1.165) is 33.6 Å². The molecular formula is C59H73F3N10O12S. The van der Waals surface area contributed by atoms with Gasteiger partial charge in [0.2, 0.25) is 17.7 Å². The number of amides is 9. The molecule has 0 radical (unpaired) electrons. The number of aliphatic hydroxyl groups excluding tert-OH is 1. The van der Waals surface area contributed by atoms with Crippen LogP contribution in [0.3, 0.4) is 0 Å². The molecule has 0 unspecified atom stereocenters. The summed E-state index contributed by atoms with van der Waals surface area (Å²) in [6.07, 6.45) is 1.65. The van der Waals surface area contributed by atoms with E-state index in [9.17, 15) is 56.3 Å². The fraction of sp³-hybridized carbons (Fsp3) is 0.475. The number of carbonyl (C=O) groups is 8. The number of nitrogens with one attached hydrogen (secondary N) is 4. The maximum atomic E-state index is 16.4. The number of ether oxygens (including phenoxy) is 1. The minimum Gasteiger partial charge on any atom is -0.445 e. The monoisotopic (exact) mass is 1200 g/mol. The predicted molar refractivity (Wildman–Crippen MR) is 306 cm³/mol. The molecule has 3 aliphatic heterocycles. The van der Waals surface area contributed by atoms with Crippen LogP contribution in [-0.4, -0.2) is 154 Å². The Kier molecular flexibility index (Phi) is 22.4. The van der Waals surface area contributed by atoms with Crippen LogP contribution in [0.15, 0.2) is 91.1 Å². The summed E-state index contributed by atoms with van der Waals surface area (Å²) in [6.45, 7) is 3.85. The highest BCUT2D eigenvalue weighted by molar-refractivity contribution is 7.91.